The van der Waals surface area contributed by atoms with Gasteiger partial charge in [0.15, 0.2) is 0 Å². The summed E-state index contributed by atoms with van der Waals surface area (Å²) in [5, 5.41) is 25.9. The van der Waals surface area contributed by atoms with Gasteiger partial charge in [0, 0.05) is 17.8 Å². The lowest BCUT2D eigenvalue weighted by Crippen LogP contribution is -2.68. The summed E-state index contributed by atoms with van der Waals surface area (Å²) in [5.41, 5.74) is 3.10. The molecule has 8 nitrogen and oxygen atoms in total. The van der Waals surface area contributed by atoms with E-state index in [0.29, 0.717) is 80.4 Å². The molecule has 0 aliphatic heterocycles. The number of allylic oxidation sites excluding steroid dienone is 5. The zero-order chi connectivity index (χ0) is 42.2. The summed E-state index contributed by atoms with van der Waals surface area (Å²) in [5.74, 6) is 2.54. The number of aliphatic carboxylic acids is 1. The Balaban J connectivity index is 1.00. The summed E-state index contributed by atoms with van der Waals surface area (Å²) in [7, 11) is -2.42. The van der Waals surface area contributed by atoms with E-state index < -0.39 is 27.7 Å². The minimum Gasteiger partial charge on any atom is -0.481 e. The van der Waals surface area contributed by atoms with Gasteiger partial charge in [-0.3, -0.25) is 4.79 Å². The van der Waals surface area contributed by atoms with E-state index in [1.807, 2.05) is 12.1 Å². The minimum absolute atomic E-state index is 0.0103. The molecule has 59 heavy (non-hydrogen) atoms. The molecule has 0 saturated heterocycles. The Morgan fingerprint density at radius 1 is 0.898 bits per heavy atom. The molecule has 7 aliphatic carbocycles. The molecule has 1 aromatic heterocycles. The van der Waals surface area contributed by atoms with Crippen LogP contribution >= 0.6 is 0 Å². The first-order valence-electron chi connectivity index (χ1n) is 23.3. The molecule has 1 heterocycles. The average molecular weight is 831 g/mol. The molecule has 7 aliphatic rings. The van der Waals surface area contributed by atoms with Crippen molar-refractivity contribution in [1.82, 2.24) is 10.3 Å². The Kier molecular flexibility index (Phi) is 11.3. The van der Waals surface area contributed by atoms with E-state index in [4.69, 9.17) is 4.74 Å². The first-order valence-corrected chi connectivity index (χ1v) is 24.5. The fourth-order valence-electron chi connectivity index (χ4n) is 15.9. The lowest BCUT2D eigenvalue weighted by Gasteiger charge is -2.72. The third-order valence-electron chi connectivity index (χ3n) is 19.4. The number of hydrogen-bond acceptors (Lipinski definition) is 7. The Bertz CT molecular complexity index is 1920. The predicted molar refractivity (Wildman–Crippen MR) is 235 cm³/mol. The SMILES string of the molecule is C=C(C)[C@@H]1CC[C@]2(NCC[C@]3(O)CC[C@H]([SH](=O)=O)CC3)CC[C@]3(C)[C@H](CC[C@@H]4[C@@]5(C)CC=C(C6=CCC(COc7ccccn7)(C(=O)O)CC6)C(C)(C)[C@@H]5CC[C@]43C)[C@@H]12. The number of nitrogens with zero attached hydrogens (tertiary/aromatic N) is 1. The molecule has 10 atom stereocenters. The van der Waals surface area contributed by atoms with Crippen molar-refractivity contribution < 1.29 is 28.2 Å². The highest BCUT2D eigenvalue weighted by atomic mass is 32.2. The van der Waals surface area contributed by atoms with Crippen molar-refractivity contribution >= 4 is 16.7 Å². The number of carbonyl (C=O) groups is 1. The lowest BCUT2D eigenvalue weighted by atomic mass is 9.33. The highest BCUT2D eigenvalue weighted by Crippen LogP contribution is 2.76. The number of hydrogen-bond donors (Lipinski definition) is 4. The molecule has 0 bridgehead atoms. The largest absolute Gasteiger partial charge is 0.481 e. The van der Waals surface area contributed by atoms with Crippen molar-refractivity contribution in [3.8, 4) is 5.88 Å². The molecule has 0 radical (unpaired) electrons. The number of thiol groups is 1. The number of carboxylic acid groups (broad SMARTS) is 1. The molecule has 5 fully saturated rings. The fraction of sp³-hybridized carbons (Fsp3) is 0.760. The summed E-state index contributed by atoms with van der Waals surface area (Å²) in [4.78, 5) is 17.0. The molecule has 5 saturated carbocycles. The quantitative estimate of drug-likeness (QED) is 0.128. The van der Waals surface area contributed by atoms with E-state index in [2.05, 4.69) is 70.6 Å². The third kappa shape index (κ3) is 7.02. The summed E-state index contributed by atoms with van der Waals surface area (Å²) >= 11 is 0. The molecular formula is C50H74N2O6S. The normalized spacial score (nSPS) is 43.9. The van der Waals surface area contributed by atoms with Crippen LogP contribution in [0.5, 0.6) is 5.88 Å². The molecule has 326 valence electrons. The first kappa shape index (κ1) is 43.2. The summed E-state index contributed by atoms with van der Waals surface area (Å²) in [6.07, 6.45) is 22.1. The van der Waals surface area contributed by atoms with Gasteiger partial charge in [0.05, 0.1) is 10.9 Å². The molecule has 0 amide bonds. The van der Waals surface area contributed by atoms with Gasteiger partial charge in [-0.2, -0.15) is 0 Å². The smallest absolute Gasteiger partial charge is 0.313 e. The van der Waals surface area contributed by atoms with Crippen molar-refractivity contribution in [2.75, 3.05) is 13.2 Å². The van der Waals surface area contributed by atoms with Gasteiger partial charge >= 0.3 is 5.97 Å². The number of aliphatic hydroxyl groups is 1. The van der Waals surface area contributed by atoms with Crippen LogP contribution in [-0.4, -0.2) is 59.1 Å². The zero-order valence-corrected chi connectivity index (χ0v) is 37.9. The maximum absolute atomic E-state index is 12.7. The molecule has 3 N–H and O–H groups in total. The van der Waals surface area contributed by atoms with Gasteiger partial charge in [0.25, 0.3) is 0 Å². The van der Waals surface area contributed by atoms with Crippen LogP contribution in [0.4, 0.5) is 0 Å². The van der Waals surface area contributed by atoms with Crippen molar-refractivity contribution in [1.29, 1.82) is 0 Å². The van der Waals surface area contributed by atoms with Gasteiger partial charge in [-0.1, -0.05) is 65.0 Å². The number of carboxylic acids is 1. The number of aromatic nitrogens is 1. The summed E-state index contributed by atoms with van der Waals surface area (Å²) in [6.45, 7) is 20.8. The Morgan fingerprint density at radius 3 is 2.31 bits per heavy atom. The van der Waals surface area contributed by atoms with Crippen LogP contribution < -0.4 is 10.1 Å². The van der Waals surface area contributed by atoms with Gasteiger partial charge < -0.3 is 20.3 Å². The van der Waals surface area contributed by atoms with Crippen LogP contribution in [0.3, 0.4) is 0 Å². The molecule has 9 heteroatoms. The van der Waals surface area contributed by atoms with E-state index in [1.165, 1.54) is 68.1 Å². The van der Waals surface area contributed by atoms with E-state index in [1.54, 1.807) is 12.3 Å². The standard InChI is InChI=1S/C50H74N2O6S/c1-33(2)36-17-26-50(52-31-29-49(55)24-15-35(16-25-49)59(56)57)28-27-46(6)38(42(36)50)11-12-40-45(5)20-18-37(44(3,4)39(45)19-21-47(40,46)7)34-13-22-48(23-14-34,43(53)54)32-58-41-10-8-9-30-51-41/h8-10,13,18,30,35-36,38-40,42,52,55,59H,1,11-12,14-17,19-29,31-32H2,2-7H3,(H,53,54)/t35-,36-,38+,39-,40+,42+,45-,46+,47+,48?,49-,50-/m0/s1. The summed E-state index contributed by atoms with van der Waals surface area (Å²) < 4.78 is 29.2. The number of pyridine rings is 1. The average Bonchev–Trinajstić information content (AvgIpc) is 3.58. The van der Waals surface area contributed by atoms with Crippen LogP contribution in [0, 0.1) is 56.7 Å². The first-order chi connectivity index (χ1) is 27.8. The van der Waals surface area contributed by atoms with Gasteiger partial charge in [-0.05, 0) is 191 Å². The van der Waals surface area contributed by atoms with Crippen molar-refractivity contribution in [3.05, 3.63) is 59.8 Å². The number of fused-ring (bicyclic) bond motifs is 7. The van der Waals surface area contributed by atoms with Gasteiger partial charge in [0.2, 0.25) is 5.88 Å². The van der Waals surface area contributed by atoms with Crippen LogP contribution in [-0.2, 0) is 15.5 Å². The van der Waals surface area contributed by atoms with Crippen molar-refractivity contribution in [3.63, 3.8) is 0 Å². The van der Waals surface area contributed by atoms with Crippen LogP contribution in [0.25, 0.3) is 0 Å². The van der Waals surface area contributed by atoms with E-state index in [0.717, 1.165) is 19.4 Å². The second-order valence-corrected chi connectivity index (χ2v) is 23.6. The van der Waals surface area contributed by atoms with E-state index >= 15 is 0 Å². The van der Waals surface area contributed by atoms with E-state index in [-0.39, 0.29) is 39.1 Å². The van der Waals surface area contributed by atoms with Crippen molar-refractivity contribution in [2.45, 2.75) is 167 Å². The van der Waals surface area contributed by atoms with Crippen LogP contribution in [0.1, 0.15) is 151 Å². The monoisotopic (exact) mass is 831 g/mol. The molecular weight excluding hydrogens is 757 g/mol. The summed E-state index contributed by atoms with van der Waals surface area (Å²) in [6, 6.07) is 5.48. The molecule has 0 aromatic carbocycles. The maximum Gasteiger partial charge on any atom is 0.313 e. The lowest BCUT2D eigenvalue weighted by molar-refractivity contribution is -0.221. The highest BCUT2D eigenvalue weighted by molar-refractivity contribution is 7.73. The molecule has 8 rings (SSSR count). The maximum atomic E-state index is 12.7. The molecule has 1 unspecified atom stereocenters. The third-order valence-corrected chi connectivity index (χ3v) is 20.6. The minimum atomic E-state index is -2.42. The second-order valence-electron chi connectivity index (χ2n) is 22.3. The van der Waals surface area contributed by atoms with Gasteiger partial charge in [-0.25, -0.2) is 13.4 Å². The predicted octanol–water partition coefficient (Wildman–Crippen LogP) is 9.85. The molecule has 1 aromatic rings. The van der Waals surface area contributed by atoms with Crippen molar-refractivity contribution in [2.24, 2.45) is 56.7 Å². The number of nitrogens with one attached hydrogen (secondary N) is 1. The highest BCUT2D eigenvalue weighted by Gasteiger charge is 2.70. The second kappa shape index (κ2) is 15.4. The van der Waals surface area contributed by atoms with Gasteiger partial charge in [-0.15, -0.1) is 0 Å². The fourth-order valence-corrected chi connectivity index (χ4v) is 16.6. The topological polar surface area (TPSA) is 126 Å². The van der Waals surface area contributed by atoms with Crippen LogP contribution in [0.15, 0.2) is 59.8 Å². The zero-order valence-electron chi connectivity index (χ0n) is 37.0. The van der Waals surface area contributed by atoms with Gasteiger partial charge in [0.1, 0.15) is 22.7 Å². The van der Waals surface area contributed by atoms with E-state index in [9.17, 15) is 23.4 Å². The Morgan fingerprint density at radius 2 is 1.66 bits per heavy atom. The Labute approximate surface area is 356 Å². The molecule has 0 spiro atoms. The number of rotatable bonds is 11. The van der Waals surface area contributed by atoms with Crippen LogP contribution in [0.2, 0.25) is 0 Å². The Hall–Kier alpha value is -2.49. The number of ether oxygens (including phenoxy) is 1.